The molecule has 1 saturated heterocycles. The van der Waals surface area contributed by atoms with Crippen LogP contribution in [-0.4, -0.2) is 53.8 Å². The van der Waals surface area contributed by atoms with Crippen LogP contribution >= 0.6 is 0 Å². The summed E-state index contributed by atoms with van der Waals surface area (Å²) in [4.78, 5) is 20.1. The summed E-state index contributed by atoms with van der Waals surface area (Å²) in [5.41, 5.74) is 7.26. The van der Waals surface area contributed by atoms with Gasteiger partial charge in [-0.3, -0.25) is 4.79 Å². The lowest BCUT2D eigenvalue weighted by Gasteiger charge is -2.38. The Hall–Kier alpha value is -2.24. The van der Waals surface area contributed by atoms with Gasteiger partial charge in [-0.15, -0.1) is 0 Å². The fourth-order valence-corrected chi connectivity index (χ4v) is 2.76. The predicted molar refractivity (Wildman–Crippen MR) is 81.9 cm³/mol. The van der Waals surface area contributed by atoms with E-state index in [-0.39, 0.29) is 12.0 Å². The molecule has 2 aliphatic rings. The monoisotopic (exact) mass is 288 g/mol. The normalized spacial score (nSPS) is 21.4. The predicted octanol–water partition coefficient (Wildman–Crippen LogP) is 1.24. The lowest BCUT2D eigenvalue weighted by molar-refractivity contribution is -0.130. The van der Waals surface area contributed by atoms with Gasteiger partial charge in [0.25, 0.3) is 0 Å². The largest absolute Gasteiger partial charge is 0.481 e. The molecule has 1 amide bonds. The first-order chi connectivity index (χ1) is 10.0. The van der Waals surface area contributed by atoms with Gasteiger partial charge in [0.15, 0.2) is 6.10 Å². The Bertz CT molecular complexity index is 591. The van der Waals surface area contributed by atoms with E-state index in [1.165, 1.54) is 0 Å². The molecule has 0 saturated carbocycles. The van der Waals surface area contributed by atoms with Gasteiger partial charge in [-0.1, -0.05) is 0 Å². The second-order valence-corrected chi connectivity index (χ2v) is 5.45. The van der Waals surface area contributed by atoms with Gasteiger partial charge in [-0.2, -0.15) is 0 Å². The Balaban J connectivity index is 1.81. The number of piperazine rings is 1. The minimum absolute atomic E-state index is 0.0926. The highest BCUT2D eigenvalue weighted by atomic mass is 16.5. The average Bonchev–Trinajstić information content (AvgIpc) is 2.47. The molecular weight excluding hydrogens is 268 g/mol. The van der Waals surface area contributed by atoms with Gasteiger partial charge in [0.1, 0.15) is 17.3 Å². The zero-order valence-electron chi connectivity index (χ0n) is 12.4. The molecule has 0 radical (unpaired) electrons. The second-order valence-electron chi connectivity index (χ2n) is 5.45. The van der Waals surface area contributed by atoms with Gasteiger partial charge in [-0.05, 0) is 25.1 Å². The number of amidine groups is 1. The summed E-state index contributed by atoms with van der Waals surface area (Å²) < 4.78 is 5.92. The van der Waals surface area contributed by atoms with E-state index >= 15 is 0 Å². The molecule has 1 unspecified atom stereocenters. The topological polar surface area (TPSA) is 71.2 Å². The van der Waals surface area contributed by atoms with Crippen LogP contribution in [-0.2, 0) is 4.79 Å². The molecule has 1 aromatic rings. The zero-order chi connectivity index (χ0) is 15.0. The lowest BCUT2D eigenvalue weighted by atomic mass is 10.2. The van der Waals surface area contributed by atoms with E-state index in [1.807, 2.05) is 30.0 Å². The van der Waals surface area contributed by atoms with Crippen molar-refractivity contribution in [2.45, 2.75) is 20.0 Å². The number of hydrogen-bond donors (Lipinski definition) is 1. The van der Waals surface area contributed by atoms with Crippen molar-refractivity contribution in [2.75, 3.05) is 31.9 Å². The fourth-order valence-electron chi connectivity index (χ4n) is 2.76. The first-order valence-corrected chi connectivity index (χ1v) is 7.20. The van der Waals surface area contributed by atoms with Gasteiger partial charge in [-0.25, -0.2) is 4.99 Å². The minimum Gasteiger partial charge on any atom is -0.481 e. The number of anilines is 1. The van der Waals surface area contributed by atoms with E-state index in [2.05, 4.69) is 4.90 Å². The van der Waals surface area contributed by atoms with Gasteiger partial charge >= 0.3 is 0 Å². The third-order valence-corrected chi connectivity index (χ3v) is 3.93. The number of carbonyl (C=O) groups is 1. The van der Waals surface area contributed by atoms with Crippen molar-refractivity contribution in [3.05, 3.63) is 18.2 Å². The lowest BCUT2D eigenvalue weighted by Crippen LogP contribution is -2.53. The van der Waals surface area contributed by atoms with E-state index in [9.17, 15) is 4.79 Å². The number of nitrogens with two attached hydrogens (primary N) is 1. The molecule has 2 N–H and O–H groups in total. The highest BCUT2D eigenvalue weighted by Gasteiger charge is 2.28. The number of aliphatic imine (C=N–C) groups is 1. The van der Waals surface area contributed by atoms with Crippen molar-refractivity contribution >= 4 is 23.1 Å². The van der Waals surface area contributed by atoms with Crippen molar-refractivity contribution in [3.63, 3.8) is 0 Å². The molecule has 0 aromatic heterocycles. The summed E-state index contributed by atoms with van der Waals surface area (Å²) in [6.07, 6.45) is -0.0926. The Kier molecular flexibility index (Phi) is 3.45. The summed E-state index contributed by atoms with van der Waals surface area (Å²) in [5, 5.41) is 0. The number of fused-ring (bicyclic) bond motifs is 1. The van der Waals surface area contributed by atoms with Crippen LogP contribution in [0.15, 0.2) is 23.2 Å². The number of hydrogen-bond acceptors (Lipinski definition) is 5. The van der Waals surface area contributed by atoms with Crippen molar-refractivity contribution in [3.8, 4) is 5.75 Å². The molecule has 2 heterocycles. The van der Waals surface area contributed by atoms with Crippen molar-refractivity contribution in [1.82, 2.24) is 9.80 Å². The summed E-state index contributed by atoms with van der Waals surface area (Å²) in [6.45, 7) is 6.62. The van der Waals surface area contributed by atoms with Crippen molar-refractivity contribution < 1.29 is 9.53 Å². The number of carbonyl (C=O) groups excluding carboxylic acids is 1. The highest BCUT2D eigenvalue weighted by molar-refractivity contribution is 5.92. The van der Waals surface area contributed by atoms with Crippen LogP contribution in [0.5, 0.6) is 5.75 Å². The maximum absolute atomic E-state index is 11.4. The molecule has 112 valence electrons. The fraction of sp³-hybridized carbons (Fsp3) is 0.467. The summed E-state index contributed by atoms with van der Waals surface area (Å²) in [5.74, 6) is 1.81. The van der Waals surface area contributed by atoms with E-state index in [4.69, 9.17) is 15.5 Å². The van der Waals surface area contributed by atoms with Crippen LogP contribution in [0.1, 0.15) is 13.8 Å². The Morgan fingerprint density at radius 2 is 2.05 bits per heavy atom. The first kappa shape index (κ1) is 13.7. The summed E-state index contributed by atoms with van der Waals surface area (Å²) in [7, 11) is 0. The molecule has 6 nitrogen and oxygen atoms in total. The molecule has 0 spiro atoms. The standard InChI is InChI=1S/C15H20N4O2/c1-10-15(19-7-5-18(6-8-19)11(2)20)17-13-9-12(16)3-4-14(13)21-10/h3-4,9-10H,5-8,16H2,1-2H3. The van der Waals surface area contributed by atoms with Gasteiger partial charge in [0, 0.05) is 38.8 Å². The average molecular weight is 288 g/mol. The molecule has 0 aliphatic carbocycles. The maximum Gasteiger partial charge on any atom is 0.219 e. The molecule has 1 aromatic carbocycles. The number of nitrogen functional groups attached to an aromatic ring is 1. The van der Waals surface area contributed by atoms with Crippen LogP contribution in [0, 0.1) is 0 Å². The van der Waals surface area contributed by atoms with Gasteiger partial charge in [0.2, 0.25) is 5.91 Å². The van der Waals surface area contributed by atoms with Gasteiger partial charge < -0.3 is 20.3 Å². The Morgan fingerprint density at radius 3 is 2.71 bits per heavy atom. The van der Waals surface area contributed by atoms with Crippen LogP contribution < -0.4 is 10.5 Å². The van der Waals surface area contributed by atoms with Gasteiger partial charge in [0.05, 0.1) is 0 Å². The molecule has 21 heavy (non-hydrogen) atoms. The number of nitrogens with zero attached hydrogens (tertiary/aromatic N) is 3. The molecule has 0 bridgehead atoms. The molecule has 1 fully saturated rings. The molecular formula is C15H20N4O2. The van der Waals surface area contributed by atoms with E-state index < -0.39 is 0 Å². The number of rotatable bonds is 0. The third-order valence-electron chi connectivity index (χ3n) is 3.93. The minimum atomic E-state index is -0.0926. The molecule has 1 atom stereocenters. The SMILES string of the molecule is CC(=O)N1CCN(C2=Nc3cc(N)ccc3OC2C)CC1. The Labute approximate surface area is 124 Å². The first-order valence-electron chi connectivity index (χ1n) is 7.20. The highest BCUT2D eigenvalue weighted by Crippen LogP contribution is 2.34. The molecule has 6 heteroatoms. The van der Waals surface area contributed by atoms with E-state index in [0.29, 0.717) is 5.69 Å². The smallest absolute Gasteiger partial charge is 0.219 e. The van der Waals surface area contributed by atoms with Crippen molar-refractivity contribution in [1.29, 1.82) is 0 Å². The van der Waals surface area contributed by atoms with Crippen LogP contribution in [0.2, 0.25) is 0 Å². The summed E-state index contributed by atoms with van der Waals surface area (Å²) >= 11 is 0. The number of amides is 1. The number of benzene rings is 1. The van der Waals surface area contributed by atoms with Crippen LogP contribution in [0.25, 0.3) is 0 Å². The van der Waals surface area contributed by atoms with E-state index in [0.717, 1.165) is 43.5 Å². The summed E-state index contributed by atoms with van der Waals surface area (Å²) in [6, 6.07) is 5.50. The molecule has 2 aliphatic heterocycles. The molecule has 3 rings (SSSR count). The quantitative estimate of drug-likeness (QED) is 0.729. The third kappa shape index (κ3) is 2.66. The Morgan fingerprint density at radius 1 is 1.33 bits per heavy atom. The zero-order valence-corrected chi connectivity index (χ0v) is 12.4. The van der Waals surface area contributed by atoms with Crippen LogP contribution in [0.4, 0.5) is 11.4 Å². The van der Waals surface area contributed by atoms with E-state index in [1.54, 1.807) is 6.92 Å². The van der Waals surface area contributed by atoms with Crippen molar-refractivity contribution in [2.24, 2.45) is 4.99 Å². The van der Waals surface area contributed by atoms with Crippen LogP contribution in [0.3, 0.4) is 0 Å². The second kappa shape index (κ2) is 5.27. The maximum atomic E-state index is 11.4. The number of ether oxygens (including phenoxy) is 1.